The van der Waals surface area contributed by atoms with E-state index >= 15 is 0 Å². The molecule has 0 saturated carbocycles. The van der Waals surface area contributed by atoms with Crippen molar-refractivity contribution in [2.45, 2.75) is 33.4 Å². The third-order valence-electron chi connectivity index (χ3n) is 4.11. The first-order valence-electron chi connectivity index (χ1n) is 8.40. The average Bonchev–Trinajstić information content (AvgIpc) is 3.21. The van der Waals surface area contributed by atoms with Crippen LogP contribution in [0.25, 0.3) is 0 Å². The molecule has 0 aliphatic rings. The second kappa shape index (κ2) is 7.34. The van der Waals surface area contributed by atoms with Gasteiger partial charge in [-0.05, 0) is 50.6 Å². The van der Waals surface area contributed by atoms with Gasteiger partial charge in [-0.1, -0.05) is 12.1 Å². The van der Waals surface area contributed by atoms with Crippen molar-refractivity contribution in [1.29, 1.82) is 0 Å². The number of nitrogens with zero attached hydrogens (tertiary/aromatic N) is 4. The molecule has 6 nitrogen and oxygen atoms in total. The Hall–Kier alpha value is -2.89. The molecule has 1 amide bonds. The molecule has 1 aromatic carbocycles. The van der Waals surface area contributed by atoms with Crippen LogP contribution >= 0.6 is 0 Å². The SMILES string of the molecule is Cc1cc(C)n(C(C)CNC(=O)c2cccc(Cn3cccn3)c2)n1. The molecule has 1 unspecified atom stereocenters. The third kappa shape index (κ3) is 4.15. The maximum Gasteiger partial charge on any atom is 0.251 e. The fraction of sp³-hybridized carbons (Fsp3) is 0.316. The summed E-state index contributed by atoms with van der Waals surface area (Å²) in [5.41, 5.74) is 3.79. The van der Waals surface area contributed by atoms with Crippen molar-refractivity contribution < 1.29 is 4.79 Å². The minimum Gasteiger partial charge on any atom is -0.350 e. The molecule has 1 atom stereocenters. The standard InChI is InChI=1S/C19H23N5O/c1-14-10-15(2)24(22-14)16(3)12-20-19(25)18-7-4-6-17(11-18)13-23-9-5-8-21-23/h4-11,16H,12-13H2,1-3H3,(H,20,25). The highest BCUT2D eigenvalue weighted by molar-refractivity contribution is 5.94. The summed E-state index contributed by atoms with van der Waals surface area (Å²) in [6, 6.07) is 11.7. The molecule has 6 heteroatoms. The van der Waals surface area contributed by atoms with Gasteiger partial charge in [0.2, 0.25) is 0 Å². The average molecular weight is 337 g/mol. The van der Waals surface area contributed by atoms with Gasteiger partial charge in [0.05, 0.1) is 18.3 Å². The molecule has 25 heavy (non-hydrogen) atoms. The molecule has 3 rings (SSSR count). The van der Waals surface area contributed by atoms with E-state index in [9.17, 15) is 4.79 Å². The molecule has 0 radical (unpaired) electrons. The molecule has 0 aliphatic heterocycles. The second-order valence-corrected chi connectivity index (χ2v) is 6.33. The molecule has 0 saturated heterocycles. The lowest BCUT2D eigenvalue weighted by molar-refractivity contribution is 0.0947. The Morgan fingerprint density at radius 3 is 2.76 bits per heavy atom. The number of nitrogens with one attached hydrogen (secondary N) is 1. The van der Waals surface area contributed by atoms with Crippen molar-refractivity contribution in [2.75, 3.05) is 6.54 Å². The molecule has 1 N–H and O–H groups in total. The summed E-state index contributed by atoms with van der Waals surface area (Å²) in [5, 5.41) is 11.7. The Labute approximate surface area is 147 Å². The number of rotatable bonds is 6. The van der Waals surface area contributed by atoms with Crippen molar-refractivity contribution in [2.24, 2.45) is 0 Å². The van der Waals surface area contributed by atoms with Crippen LogP contribution in [0.3, 0.4) is 0 Å². The topological polar surface area (TPSA) is 64.7 Å². The number of benzene rings is 1. The van der Waals surface area contributed by atoms with E-state index in [0.717, 1.165) is 17.0 Å². The van der Waals surface area contributed by atoms with E-state index in [4.69, 9.17) is 0 Å². The van der Waals surface area contributed by atoms with Crippen LogP contribution in [0.2, 0.25) is 0 Å². The maximum absolute atomic E-state index is 12.5. The molecular formula is C19H23N5O. The van der Waals surface area contributed by atoms with Gasteiger partial charge < -0.3 is 5.32 Å². The van der Waals surface area contributed by atoms with E-state index in [1.807, 2.05) is 72.7 Å². The van der Waals surface area contributed by atoms with Gasteiger partial charge in [0.25, 0.3) is 5.91 Å². The first-order chi connectivity index (χ1) is 12.0. The molecule has 0 fully saturated rings. The van der Waals surface area contributed by atoms with Crippen molar-refractivity contribution in [3.63, 3.8) is 0 Å². The Morgan fingerprint density at radius 1 is 1.24 bits per heavy atom. The summed E-state index contributed by atoms with van der Waals surface area (Å²) in [4.78, 5) is 12.5. The number of carbonyl (C=O) groups is 1. The minimum atomic E-state index is -0.0734. The lowest BCUT2D eigenvalue weighted by Crippen LogP contribution is -2.30. The fourth-order valence-electron chi connectivity index (χ4n) is 2.91. The summed E-state index contributed by atoms with van der Waals surface area (Å²) < 4.78 is 3.78. The van der Waals surface area contributed by atoms with E-state index in [1.165, 1.54) is 0 Å². The van der Waals surface area contributed by atoms with Crippen LogP contribution in [0.5, 0.6) is 0 Å². The predicted molar refractivity (Wildman–Crippen MR) is 96.5 cm³/mol. The number of hydrogen-bond donors (Lipinski definition) is 1. The Balaban J connectivity index is 1.62. The van der Waals surface area contributed by atoms with E-state index < -0.39 is 0 Å². The molecule has 0 aliphatic carbocycles. The van der Waals surface area contributed by atoms with Crippen molar-refractivity contribution in [1.82, 2.24) is 24.9 Å². The van der Waals surface area contributed by atoms with Gasteiger partial charge in [0, 0.05) is 30.2 Å². The van der Waals surface area contributed by atoms with Crippen molar-refractivity contribution >= 4 is 5.91 Å². The maximum atomic E-state index is 12.5. The number of aromatic nitrogens is 4. The van der Waals surface area contributed by atoms with Gasteiger partial charge in [-0.3, -0.25) is 14.2 Å². The number of amides is 1. The van der Waals surface area contributed by atoms with Crippen molar-refractivity contribution in [3.05, 3.63) is 71.3 Å². The zero-order chi connectivity index (χ0) is 17.8. The summed E-state index contributed by atoms with van der Waals surface area (Å²) in [6.07, 6.45) is 3.65. The van der Waals surface area contributed by atoms with Crippen LogP contribution in [-0.4, -0.2) is 32.0 Å². The minimum absolute atomic E-state index is 0.0734. The Bertz CT molecular complexity index is 851. The van der Waals surface area contributed by atoms with Gasteiger partial charge in [0.1, 0.15) is 0 Å². The third-order valence-corrected chi connectivity index (χ3v) is 4.11. The molecule has 2 heterocycles. The highest BCUT2D eigenvalue weighted by Crippen LogP contribution is 2.11. The monoisotopic (exact) mass is 337 g/mol. The second-order valence-electron chi connectivity index (χ2n) is 6.33. The molecule has 3 aromatic rings. The summed E-state index contributed by atoms with van der Waals surface area (Å²) in [5.74, 6) is -0.0734. The Morgan fingerprint density at radius 2 is 2.08 bits per heavy atom. The van der Waals surface area contributed by atoms with Gasteiger partial charge in [0.15, 0.2) is 0 Å². The quantitative estimate of drug-likeness (QED) is 0.752. The van der Waals surface area contributed by atoms with Gasteiger partial charge in [-0.2, -0.15) is 10.2 Å². The molecule has 2 aromatic heterocycles. The molecular weight excluding hydrogens is 314 g/mol. The van der Waals surface area contributed by atoms with Crippen LogP contribution in [0.1, 0.15) is 40.3 Å². The zero-order valence-electron chi connectivity index (χ0n) is 14.8. The highest BCUT2D eigenvalue weighted by atomic mass is 16.1. The van der Waals surface area contributed by atoms with Gasteiger partial charge >= 0.3 is 0 Å². The smallest absolute Gasteiger partial charge is 0.251 e. The summed E-state index contributed by atoms with van der Waals surface area (Å²) in [6.45, 7) is 7.23. The van der Waals surface area contributed by atoms with Crippen LogP contribution < -0.4 is 5.32 Å². The highest BCUT2D eigenvalue weighted by Gasteiger charge is 2.12. The van der Waals surface area contributed by atoms with Crippen LogP contribution in [0.15, 0.2) is 48.8 Å². The van der Waals surface area contributed by atoms with Crippen molar-refractivity contribution in [3.8, 4) is 0 Å². The molecule has 0 bridgehead atoms. The first kappa shape index (κ1) is 17.0. The fourth-order valence-corrected chi connectivity index (χ4v) is 2.91. The van der Waals surface area contributed by atoms with E-state index in [2.05, 4.69) is 15.5 Å². The first-order valence-corrected chi connectivity index (χ1v) is 8.40. The normalized spacial score (nSPS) is 12.1. The lowest BCUT2D eigenvalue weighted by Gasteiger charge is -2.15. The number of hydrogen-bond acceptors (Lipinski definition) is 3. The van der Waals surface area contributed by atoms with Gasteiger partial charge in [-0.15, -0.1) is 0 Å². The van der Waals surface area contributed by atoms with Crippen LogP contribution in [0, 0.1) is 13.8 Å². The van der Waals surface area contributed by atoms with E-state index in [1.54, 1.807) is 6.20 Å². The van der Waals surface area contributed by atoms with E-state index in [0.29, 0.717) is 18.7 Å². The molecule has 130 valence electrons. The number of carbonyl (C=O) groups excluding carboxylic acids is 1. The van der Waals surface area contributed by atoms with Crippen LogP contribution in [-0.2, 0) is 6.54 Å². The van der Waals surface area contributed by atoms with Gasteiger partial charge in [-0.25, -0.2) is 0 Å². The zero-order valence-corrected chi connectivity index (χ0v) is 14.8. The summed E-state index contributed by atoms with van der Waals surface area (Å²) in [7, 11) is 0. The lowest BCUT2D eigenvalue weighted by atomic mass is 10.1. The summed E-state index contributed by atoms with van der Waals surface area (Å²) >= 11 is 0. The largest absolute Gasteiger partial charge is 0.350 e. The molecule has 0 spiro atoms. The van der Waals surface area contributed by atoms with Crippen LogP contribution in [0.4, 0.5) is 0 Å². The predicted octanol–water partition coefficient (Wildman–Crippen LogP) is 2.74. The number of aryl methyl sites for hydroxylation is 2. The van der Waals surface area contributed by atoms with E-state index in [-0.39, 0.29) is 11.9 Å². The Kier molecular flexibility index (Phi) is 4.97.